The van der Waals surface area contributed by atoms with Gasteiger partial charge in [-0.25, -0.2) is 7.69 Å². The molecule has 0 fully saturated rings. The van der Waals surface area contributed by atoms with Crippen LogP contribution in [0.5, 0.6) is 0 Å². The first kappa shape index (κ1) is 15.8. The van der Waals surface area contributed by atoms with E-state index in [0.29, 0.717) is 0 Å². The summed E-state index contributed by atoms with van der Waals surface area (Å²) in [6.45, 7) is 0. The molecule has 0 rings (SSSR count). The van der Waals surface area contributed by atoms with E-state index in [2.05, 4.69) is 0 Å². The van der Waals surface area contributed by atoms with E-state index in [4.69, 9.17) is 10.0 Å². The molecule has 17 valence electrons. The van der Waals surface area contributed by atoms with E-state index in [1.54, 1.807) is 0 Å². The van der Waals surface area contributed by atoms with Crippen LogP contribution in [0, 0.1) is 0 Å². The van der Waals surface area contributed by atoms with Crippen molar-refractivity contribution < 1.29 is 69.2 Å². The Balaban J connectivity index is -0.0000000200. The van der Waals surface area contributed by atoms with E-state index in [1.165, 1.54) is 0 Å². The molecule has 0 saturated carbocycles. The van der Waals surface area contributed by atoms with E-state index in [1.807, 2.05) is 0 Å². The molecule has 0 aromatic heterocycles. The Bertz CT molecular complexity index is 7.61. The zero-order chi connectivity index (χ0) is 2.71. The van der Waals surface area contributed by atoms with Crippen molar-refractivity contribution in [1.29, 1.82) is 0 Å². The zero-order valence-electron chi connectivity index (χ0n) is 3.39. The van der Waals surface area contributed by atoms with Crippen LogP contribution in [0.2, 0.25) is 0 Å². The van der Waals surface area contributed by atoms with Crippen molar-refractivity contribution in [3.05, 3.63) is 0 Å². The summed E-state index contributed by atoms with van der Waals surface area (Å²) in [5.41, 5.74) is 0. The van der Waals surface area contributed by atoms with E-state index in [9.17, 15) is 0 Å². The second-order valence-corrected chi connectivity index (χ2v) is 0.0962. The van der Waals surface area contributed by atoms with Gasteiger partial charge >= 0.3 is 59.1 Å². The molecule has 0 aliphatic rings. The quantitative estimate of drug-likeness (QED) is 0.276. The van der Waals surface area contributed by atoms with Gasteiger partial charge in [-0.3, -0.25) is 0 Å². The van der Waals surface area contributed by atoms with E-state index in [-0.39, 0.29) is 59.1 Å². The molecule has 0 unspecified atom stereocenters. The summed E-state index contributed by atoms with van der Waals surface area (Å²) in [4.78, 5) is 0. The predicted molar refractivity (Wildman–Crippen MR) is 5.75 cm³/mol. The normalized spacial score (nSPS) is 2.80. The van der Waals surface area contributed by atoms with Crippen molar-refractivity contribution >= 4 is 7.69 Å². The predicted octanol–water partition coefficient (Wildman–Crippen LogP) is -8.75. The van der Waals surface area contributed by atoms with Crippen LogP contribution < -0.4 is 69.2 Å². The Hall–Kier alpha value is 1.98. The fourth-order valence-electron chi connectivity index (χ4n) is 0. The van der Waals surface area contributed by atoms with Gasteiger partial charge in [0.15, 0.2) is 0 Å². The molecule has 0 aromatic rings. The second-order valence-electron chi connectivity index (χ2n) is 0.0962. The molecule has 0 amide bonds. The Morgan fingerprint density at radius 1 is 1.00 bits per heavy atom. The maximum atomic E-state index is 8.25. The van der Waals surface area contributed by atoms with Crippen LogP contribution >= 0.6 is 0 Å². The third-order valence-electron chi connectivity index (χ3n) is 0. The van der Waals surface area contributed by atoms with Gasteiger partial charge in [0.1, 0.15) is 0 Å². The number of hydrogen-bond acceptors (Lipinski definition) is 2. The van der Waals surface area contributed by atoms with Gasteiger partial charge < -0.3 is 10.0 Å². The van der Waals surface area contributed by atoms with Crippen molar-refractivity contribution in [3.8, 4) is 0 Å². The summed E-state index contributed by atoms with van der Waals surface area (Å²) in [6, 6.07) is 0. The van der Waals surface area contributed by atoms with Crippen molar-refractivity contribution in [3.63, 3.8) is 0 Å². The Morgan fingerprint density at radius 2 is 1.00 bits per heavy atom. The molecule has 0 bridgehead atoms. The summed E-state index contributed by atoms with van der Waals surface area (Å²) in [7, 11) is -0.500. The minimum absolute atomic E-state index is 0. The molecule has 0 atom stereocenters. The average Bonchev–Trinajstić information content (AvgIpc) is 0.918. The van der Waals surface area contributed by atoms with Crippen LogP contribution in [0.4, 0.5) is 0 Å². The summed E-state index contributed by atoms with van der Waals surface area (Å²) in [6.07, 6.45) is 0. The minimum Gasteiger partial charge on any atom is -0.900 e. The first-order valence-corrected chi connectivity index (χ1v) is 0.471. The number of rotatable bonds is 0. The van der Waals surface area contributed by atoms with Gasteiger partial charge in [0, 0.05) is 0 Å². The third-order valence-corrected chi connectivity index (χ3v) is 0. The first-order valence-electron chi connectivity index (χ1n) is 0.471. The Morgan fingerprint density at radius 3 is 1.00 bits per heavy atom. The maximum Gasteiger partial charge on any atom is 1.00 e. The van der Waals surface area contributed by atoms with Crippen molar-refractivity contribution in [2.75, 3.05) is 0 Å². The Labute approximate surface area is 75.8 Å². The summed E-state index contributed by atoms with van der Waals surface area (Å²) < 4.78 is 0. The van der Waals surface area contributed by atoms with Gasteiger partial charge in [-0.05, 0) is 0 Å². The molecule has 5 heavy (non-hydrogen) atoms. The fraction of sp³-hybridized carbons (Fsp3) is 0. The van der Waals surface area contributed by atoms with Crippen molar-refractivity contribution in [2.45, 2.75) is 0 Å². The van der Waals surface area contributed by atoms with Gasteiger partial charge in [-0.15, -0.1) is 0 Å². The molecule has 5 heteroatoms. The second kappa shape index (κ2) is 16.7. The zero-order valence-corrected chi connectivity index (χ0v) is 7.39. The summed E-state index contributed by atoms with van der Waals surface area (Å²) in [5, 5.41) is 16.5. The minimum atomic E-state index is -0.500. The molecule has 0 aliphatic heterocycles. The van der Waals surface area contributed by atoms with Crippen molar-refractivity contribution in [2.24, 2.45) is 0 Å². The maximum absolute atomic E-state index is 8.25. The fourth-order valence-corrected chi connectivity index (χ4v) is 0. The van der Waals surface area contributed by atoms with E-state index < -0.39 is 7.69 Å². The van der Waals surface area contributed by atoms with Crippen molar-refractivity contribution in [1.82, 2.24) is 0 Å². The summed E-state index contributed by atoms with van der Waals surface area (Å²) >= 11 is 0. The third kappa shape index (κ3) is 24.1. The van der Waals surface area contributed by atoms with Gasteiger partial charge in [-0.2, -0.15) is 0 Å². The molecule has 0 saturated heterocycles. The van der Waals surface area contributed by atoms with Crippen LogP contribution in [0.15, 0.2) is 0 Å². The monoisotopic (exact) mass is 89.0 g/mol. The van der Waals surface area contributed by atoms with Crippen LogP contribution in [-0.4, -0.2) is 7.69 Å². The van der Waals surface area contributed by atoms with Gasteiger partial charge in [-0.1, -0.05) is 0 Å². The van der Waals surface area contributed by atoms with Gasteiger partial charge in [0.05, 0.1) is 0 Å². The standard InChI is InChI=1S/BO2.2Na/c2-1-3;;/q-2;2*+1. The molecular weight excluding hydrogens is 88.8 g/mol. The molecule has 0 spiro atoms. The van der Waals surface area contributed by atoms with Crippen LogP contribution in [-0.2, 0) is 0 Å². The van der Waals surface area contributed by atoms with Crippen LogP contribution in [0.1, 0.15) is 0 Å². The molecule has 0 heterocycles. The average molecular weight is 88.8 g/mol. The van der Waals surface area contributed by atoms with E-state index in [0.717, 1.165) is 0 Å². The molecule has 2 nitrogen and oxygen atoms in total. The molecule has 0 N–H and O–H groups in total. The van der Waals surface area contributed by atoms with Crippen LogP contribution in [0.25, 0.3) is 0 Å². The molecule has 0 aromatic carbocycles. The molecular formula is BNa2O2. The molecule has 1 radical (unpaired) electrons. The molecule has 0 aliphatic carbocycles. The van der Waals surface area contributed by atoms with Gasteiger partial charge in [0.2, 0.25) is 0 Å². The smallest absolute Gasteiger partial charge is 0.900 e. The van der Waals surface area contributed by atoms with E-state index >= 15 is 0 Å². The SMILES string of the molecule is [Na+].[Na+].[O-][B][O-]. The first-order chi connectivity index (χ1) is 1.41. The van der Waals surface area contributed by atoms with Gasteiger partial charge in [0.25, 0.3) is 0 Å². The largest absolute Gasteiger partial charge is 1.00 e. The van der Waals surface area contributed by atoms with Crippen LogP contribution in [0.3, 0.4) is 0 Å². The Kier molecular flexibility index (Phi) is 52.6. The summed E-state index contributed by atoms with van der Waals surface area (Å²) in [5.74, 6) is 0. The topological polar surface area (TPSA) is 46.1 Å². The number of hydrogen-bond donors (Lipinski definition) is 0.